The highest BCUT2D eigenvalue weighted by Crippen LogP contribution is 2.22. The maximum absolute atomic E-state index is 12.3. The Morgan fingerprint density at radius 2 is 2.00 bits per heavy atom. The Balaban J connectivity index is 1.63. The molecule has 0 aromatic heterocycles. The van der Waals surface area contributed by atoms with Gasteiger partial charge < -0.3 is 15.0 Å². The predicted octanol–water partition coefficient (Wildman–Crippen LogP) is 1.66. The molecule has 0 spiro atoms. The molecule has 0 bridgehead atoms. The van der Waals surface area contributed by atoms with Gasteiger partial charge in [-0.15, -0.1) is 0 Å². The molecule has 5 heteroatoms. The van der Waals surface area contributed by atoms with Crippen molar-refractivity contribution in [3.63, 3.8) is 0 Å². The minimum atomic E-state index is -0.252. The molecule has 1 amide bonds. The topological polar surface area (TPSA) is 44.8 Å². The fourth-order valence-electron chi connectivity index (χ4n) is 3.62. The number of carbonyl (C=O) groups is 1. The van der Waals surface area contributed by atoms with Gasteiger partial charge in [-0.1, -0.05) is 37.3 Å². The van der Waals surface area contributed by atoms with E-state index in [0.717, 1.165) is 45.6 Å². The standard InChI is InChI=1S/C19H29N3O2/c1-2-21-10-12-22(13-11-21)17(16-7-4-3-5-8-16)15-20-19(23)18-9-6-14-24-18/h3-5,7-8,17-18H,2,6,9-15H2,1H3,(H,20,23). The fraction of sp³-hybridized carbons (Fsp3) is 0.632. The summed E-state index contributed by atoms with van der Waals surface area (Å²) in [4.78, 5) is 17.3. The number of nitrogens with zero attached hydrogens (tertiary/aromatic N) is 2. The van der Waals surface area contributed by atoms with Gasteiger partial charge in [0.2, 0.25) is 5.91 Å². The molecule has 1 aromatic rings. The van der Waals surface area contributed by atoms with E-state index in [1.165, 1.54) is 5.56 Å². The van der Waals surface area contributed by atoms with Gasteiger partial charge in [0.25, 0.3) is 0 Å². The van der Waals surface area contributed by atoms with E-state index in [1.54, 1.807) is 0 Å². The lowest BCUT2D eigenvalue weighted by atomic mass is 10.0. The van der Waals surface area contributed by atoms with Gasteiger partial charge in [0.15, 0.2) is 0 Å². The van der Waals surface area contributed by atoms with Gasteiger partial charge in [-0.05, 0) is 24.9 Å². The van der Waals surface area contributed by atoms with Crippen molar-refractivity contribution in [2.24, 2.45) is 0 Å². The van der Waals surface area contributed by atoms with E-state index in [4.69, 9.17) is 4.74 Å². The van der Waals surface area contributed by atoms with Crippen LogP contribution in [0.1, 0.15) is 31.4 Å². The lowest BCUT2D eigenvalue weighted by Crippen LogP contribution is -2.50. The van der Waals surface area contributed by atoms with Crippen molar-refractivity contribution in [2.75, 3.05) is 45.9 Å². The van der Waals surface area contributed by atoms with E-state index < -0.39 is 0 Å². The second kappa shape index (κ2) is 8.60. The van der Waals surface area contributed by atoms with Crippen LogP contribution in [0.25, 0.3) is 0 Å². The number of nitrogens with one attached hydrogen (secondary N) is 1. The van der Waals surface area contributed by atoms with Crippen LogP contribution in [0.5, 0.6) is 0 Å². The van der Waals surface area contributed by atoms with Crippen molar-refractivity contribution >= 4 is 5.91 Å². The van der Waals surface area contributed by atoms with E-state index >= 15 is 0 Å². The number of benzene rings is 1. The smallest absolute Gasteiger partial charge is 0.249 e. The zero-order valence-corrected chi connectivity index (χ0v) is 14.6. The largest absolute Gasteiger partial charge is 0.368 e. The molecule has 0 aliphatic carbocycles. The summed E-state index contributed by atoms with van der Waals surface area (Å²) in [7, 11) is 0. The first-order valence-corrected chi connectivity index (χ1v) is 9.18. The van der Waals surface area contributed by atoms with E-state index in [-0.39, 0.29) is 18.1 Å². The maximum Gasteiger partial charge on any atom is 0.249 e. The fourth-order valence-corrected chi connectivity index (χ4v) is 3.62. The molecule has 1 aromatic carbocycles. The number of piperazine rings is 1. The second-order valence-corrected chi connectivity index (χ2v) is 6.64. The molecule has 2 atom stereocenters. The summed E-state index contributed by atoms with van der Waals surface area (Å²) in [6.07, 6.45) is 1.58. The Kier molecular flexibility index (Phi) is 6.24. The molecular weight excluding hydrogens is 302 g/mol. The Bertz CT molecular complexity index is 509. The van der Waals surface area contributed by atoms with Gasteiger partial charge >= 0.3 is 0 Å². The number of rotatable bonds is 6. The SMILES string of the molecule is CCN1CCN(C(CNC(=O)C2CCCO2)c2ccccc2)CC1. The van der Waals surface area contributed by atoms with Crippen LogP contribution in [0.3, 0.4) is 0 Å². The van der Waals surface area contributed by atoms with Crippen LogP contribution in [0, 0.1) is 0 Å². The molecule has 24 heavy (non-hydrogen) atoms. The molecule has 1 N–H and O–H groups in total. The van der Waals surface area contributed by atoms with Crippen molar-refractivity contribution in [2.45, 2.75) is 31.9 Å². The number of hydrogen-bond donors (Lipinski definition) is 1. The number of ether oxygens (including phenoxy) is 1. The first kappa shape index (κ1) is 17.4. The summed E-state index contributed by atoms with van der Waals surface area (Å²) >= 11 is 0. The van der Waals surface area contributed by atoms with E-state index in [1.807, 2.05) is 6.07 Å². The van der Waals surface area contributed by atoms with Crippen molar-refractivity contribution in [1.29, 1.82) is 0 Å². The Morgan fingerprint density at radius 3 is 2.62 bits per heavy atom. The minimum absolute atomic E-state index is 0.0422. The van der Waals surface area contributed by atoms with Gasteiger partial charge in [0, 0.05) is 39.3 Å². The second-order valence-electron chi connectivity index (χ2n) is 6.64. The average Bonchev–Trinajstić information content (AvgIpc) is 3.18. The number of carbonyl (C=O) groups excluding carboxylic acids is 1. The highest BCUT2D eigenvalue weighted by atomic mass is 16.5. The molecular formula is C19H29N3O2. The predicted molar refractivity (Wildman–Crippen MR) is 94.9 cm³/mol. The van der Waals surface area contributed by atoms with Gasteiger partial charge in [-0.2, -0.15) is 0 Å². The average molecular weight is 331 g/mol. The molecule has 0 saturated carbocycles. The molecule has 2 aliphatic heterocycles. The quantitative estimate of drug-likeness (QED) is 0.861. The van der Waals surface area contributed by atoms with Gasteiger partial charge in [-0.3, -0.25) is 9.69 Å². The zero-order valence-electron chi connectivity index (χ0n) is 14.6. The van der Waals surface area contributed by atoms with Crippen molar-refractivity contribution < 1.29 is 9.53 Å². The summed E-state index contributed by atoms with van der Waals surface area (Å²) in [6.45, 7) is 8.96. The van der Waals surface area contributed by atoms with Crippen LogP contribution in [0.2, 0.25) is 0 Å². The molecule has 5 nitrogen and oxygen atoms in total. The van der Waals surface area contributed by atoms with Crippen LogP contribution in [-0.4, -0.2) is 67.7 Å². The third-order valence-electron chi connectivity index (χ3n) is 5.17. The van der Waals surface area contributed by atoms with E-state index in [9.17, 15) is 4.79 Å². The Labute approximate surface area is 145 Å². The third kappa shape index (κ3) is 4.35. The summed E-state index contributed by atoms with van der Waals surface area (Å²) in [5.41, 5.74) is 1.27. The molecule has 3 rings (SSSR count). The van der Waals surface area contributed by atoms with Crippen molar-refractivity contribution in [3.8, 4) is 0 Å². The minimum Gasteiger partial charge on any atom is -0.368 e. The molecule has 2 saturated heterocycles. The zero-order chi connectivity index (χ0) is 16.8. The van der Waals surface area contributed by atoms with E-state index in [0.29, 0.717) is 13.2 Å². The third-order valence-corrected chi connectivity index (χ3v) is 5.17. The summed E-state index contributed by atoms with van der Waals surface area (Å²) < 4.78 is 5.49. The normalized spacial score (nSPS) is 24.0. The number of likely N-dealkylation sites (N-methyl/N-ethyl adjacent to an activating group) is 1. The first-order chi connectivity index (χ1) is 11.8. The Morgan fingerprint density at radius 1 is 1.25 bits per heavy atom. The van der Waals surface area contributed by atoms with E-state index in [2.05, 4.69) is 46.3 Å². The molecule has 2 unspecified atom stereocenters. The van der Waals surface area contributed by atoms with Crippen LogP contribution in [-0.2, 0) is 9.53 Å². The van der Waals surface area contributed by atoms with Crippen LogP contribution >= 0.6 is 0 Å². The molecule has 132 valence electrons. The van der Waals surface area contributed by atoms with Crippen LogP contribution in [0.15, 0.2) is 30.3 Å². The maximum atomic E-state index is 12.3. The highest BCUT2D eigenvalue weighted by molar-refractivity contribution is 5.81. The molecule has 0 radical (unpaired) electrons. The molecule has 2 heterocycles. The van der Waals surface area contributed by atoms with Gasteiger partial charge in [0.1, 0.15) is 6.10 Å². The molecule has 2 aliphatic rings. The van der Waals surface area contributed by atoms with Gasteiger partial charge in [0.05, 0.1) is 6.04 Å². The van der Waals surface area contributed by atoms with Crippen molar-refractivity contribution in [3.05, 3.63) is 35.9 Å². The Hall–Kier alpha value is -1.43. The van der Waals surface area contributed by atoms with Crippen molar-refractivity contribution in [1.82, 2.24) is 15.1 Å². The number of amides is 1. The first-order valence-electron chi connectivity index (χ1n) is 9.18. The van der Waals surface area contributed by atoms with Crippen LogP contribution < -0.4 is 5.32 Å². The molecule has 2 fully saturated rings. The number of hydrogen-bond acceptors (Lipinski definition) is 4. The van der Waals surface area contributed by atoms with Gasteiger partial charge in [-0.25, -0.2) is 0 Å². The highest BCUT2D eigenvalue weighted by Gasteiger charge is 2.27. The lowest BCUT2D eigenvalue weighted by molar-refractivity contribution is -0.130. The summed E-state index contributed by atoms with van der Waals surface area (Å²) in [5, 5.41) is 3.13. The van der Waals surface area contributed by atoms with Crippen LogP contribution in [0.4, 0.5) is 0 Å². The summed E-state index contributed by atoms with van der Waals surface area (Å²) in [6, 6.07) is 10.7. The lowest BCUT2D eigenvalue weighted by Gasteiger charge is -2.39. The summed E-state index contributed by atoms with van der Waals surface area (Å²) in [5.74, 6) is 0.0422. The monoisotopic (exact) mass is 331 g/mol.